The number of rotatable bonds is 1. The fourth-order valence-corrected chi connectivity index (χ4v) is 2.65. The third-order valence-corrected chi connectivity index (χ3v) is 3.49. The molecule has 2 aromatic rings. The van der Waals surface area contributed by atoms with Gasteiger partial charge in [0.1, 0.15) is 0 Å². The molecule has 6 heteroatoms. The van der Waals surface area contributed by atoms with Crippen molar-refractivity contribution >= 4 is 11.3 Å². The number of thiophene rings is 1. The molecule has 0 aliphatic carbocycles. The molecule has 0 N–H and O–H groups in total. The SMILES string of the molecule is Cc1cc(-c2c(F)c(F)c(F)c(F)c2F)c(C)s1. The molecule has 96 valence electrons. The van der Waals surface area contributed by atoms with Gasteiger partial charge in [-0.1, -0.05) is 0 Å². The lowest BCUT2D eigenvalue weighted by atomic mass is 10.0. The summed E-state index contributed by atoms with van der Waals surface area (Å²) in [6.45, 7) is 3.25. The second-order valence-electron chi connectivity index (χ2n) is 3.77. The van der Waals surface area contributed by atoms with Crippen molar-refractivity contribution in [1.29, 1.82) is 0 Å². The fourth-order valence-electron chi connectivity index (χ4n) is 1.72. The van der Waals surface area contributed by atoms with Gasteiger partial charge in [0.05, 0.1) is 5.56 Å². The maximum atomic E-state index is 13.6. The van der Waals surface area contributed by atoms with E-state index in [0.717, 1.165) is 4.88 Å². The average molecular weight is 278 g/mol. The van der Waals surface area contributed by atoms with Crippen LogP contribution in [0.15, 0.2) is 6.07 Å². The van der Waals surface area contributed by atoms with Gasteiger partial charge >= 0.3 is 0 Å². The first kappa shape index (κ1) is 13.0. The highest BCUT2D eigenvalue weighted by Gasteiger charge is 2.27. The molecule has 0 fully saturated rings. The van der Waals surface area contributed by atoms with Crippen molar-refractivity contribution in [3.8, 4) is 11.1 Å². The second-order valence-corrected chi connectivity index (χ2v) is 5.23. The average Bonchev–Trinajstić information content (AvgIpc) is 2.64. The van der Waals surface area contributed by atoms with Crippen LogP contribution in [0.25, 0.3) is 11.1 Å². The zero-order chi connectivity index (χ0) is 13.6. The van der Waals surface area contributed by atoms with E-state index < -0.39 is 34.6 Å². The van der Waals surface area contributed by atoms with Gasteiger partial charge in [-0.15, -0.1) is 11.3 Å². The highest BCUT2D eigenvalue weighted by molar-refractivity contribution is 7.12. The summed E-state index contributed by atoms with van der Waals surface area (Å²) in [5.74, 6) is -9.59. The summed E-state index contributed by atoms with van der Waals surface area (Å²) >= 11 is 1.23. The monoisotopic (exact) mass is 278 g/mol. The van der Waals surface area contributed by atoms with Crippen molar-refractivity contribution < 1.29 is 22.0 Å². The first-order valence-corrected chi connectivity index (χ1v) is 5.75. The molecule has 0 amide bonds. The Morgan fingerprint density at radius 3 is 1.61 bits per heavy atom. The summed E-state index contributed by atoms with van der Waals surface area (Å²) in [5, 5.41) is 0. The largest absolute Gasteiger partial charge is 0.203 e. The van der Waals surface area contributed by atoms with E-state index in [2.05, 4.69) is 0 Å². The third-order valence-electron chi connectivity index (χ3n) is 2.52. The van der Waals surface area contributed by atoms with E-state index in [0.29, 0.717) is 4.88 Å². The molecular weight excluding hydrogens is 271 g/mol. The molecule has 0 aliphatic rings. The normalized spacial score (nSPS) is 11.1. The molecule has 0 spiro atoms. The van der Waals surface area contributed by atoms with Gasteiger partial charge in [-0.3, -0.25) is 0 Å². The molecule has 0 saturated carbocycles. The van der Waals surface area contributed by atoms with Gasteiger partial charge in [-0.05, 0) is 19.9 Å². The van der Waals surface area contributed by atoms with E-state index in [4.69, 9.17) is 0 Å². The molecule has 1 heterocycles. The van der Waals surface area contributed by atoms with Gasteiger partial charge in [-0.25, -0.2) is 22.0 Å². The van der Waals surface area contributed by atoms with Crippen molar-refractivity contribution in [2.45, 2.75) is 13.8 Å². The summed E-state index contributed by atoms with van der Waals surface area (Å²) in [5.41, 5.74) is -0.835. The smallest absolute Gasteiger partial charge is 0.200 e. The molecule has 0 bridgehead atoms. The molecule has 2 rings (SSSR count). The van der Waals surface area contributed by atoms with E-state index in [9.17, 15) is 22.0 Å². The number of aryl methyl sites for hydroxylation is 2. The molecular formula is C12H7F5S. The van der Waals surface area contributed by atoms with Crippen LogP contribution < -0.4 is 0 Å². The molecule has 0 saturated heterocycles. The first-order chi connectivity index (χ1) is 8.34. The number of benzene rings is 1. The fraction of sp³-hybridized carbons (Fsp3) is 0.167. The van der Waals surface area contributed by atoms with Crippen molar-refractivity contribution in [2.75, 3.05) is 0 Å². The van der Waals surface area contributed by atoms with E-state index >= 15 is 0 Å². The summed E-state index contributed by atoms with van der Waals surface area (Å²) in [4.78, 5) is 1.22. The van der Waals surface area contributed by atoms with Gasteiger partial charge in [0.2, 0.25) is 5.82 Å². The maximum absolute atomic E-state index is 13.6. The molecule has 0 atom stereocenters. The Hall–Kier alpha value is -1.43. The van der Waals surface area contributed by atoms with Gasteiger partial charge in [0.25, 0.3) is 0 Å². The molecule has 1 aromatic heterocycles. The standard InChI is InChI=1S/C12H7F5S/c1-4-3-6(5(2)18-4)7-8(13)10(15)12(17)11(16)9(7)14/h3H,1-2H3. The quantitative estimate of drug-likeness (QED) is 0.402. The minimum atomic E-state index is -2.14. The molecule has 1 aromatic carbocycles. The van der Waals surface area contributed by atoms with Crippen LogP contribution in [0, 0.1) is 42.9 Å². The minimum absolute atomic E-state index is 0.0327. The number of hydrogen-bond donors (Lipinski definition) is 0. The summed E-state index contributed by atoms with van der Waals surface area (Å²) in [6.07, 6.45) is 0. The lowest BCUT2D eigenvalue weighted by Gasteiger charge is -2.07. The van der Waals surface area contributed by atoms with Crippen LogP contribution in [0.1, 0.15) is 9.75 Å². The summed E-state index contributed by atoms with van der Waals surface area (Å²) in [7, 11) is 0. The number of hydrogen-bond acceptors (Lipinski definition) is 1. The Labute approximate surface area is 104 Å². The third kappa shape index (κ3) is 1.80. The van der Waals surface area contributed by atoms with Gasteiger partial charge in [0, 0.05) is 15.3 Å². The lowest BCUT2D eigenvalue weighted by molar-refractivity contribution is 0.381. The van der Waals surface area contributed by atoms with Gasteiger partial charge < -0.3 is 0 Å². The van der Waals surface area contributed by atoms with Crippen molar-refractivity contribution in [3.63, 3.8) is 0 Å². The number of halogens is 5. The van der Waals surface area contributed by atoms with Crippen LogP contribution in [-0.2, 0) is 0 Å². The van der Waals surface area contributed by atoms with E-state index in [1.165, 1.54) is 17.4 Å². The van der Waals surface area contributed by atoms with Gasteiger partial charge in [0.15, 0.2) is 23.3 Å². The summed E-state index contributed by atoms with van der Waals surface area (Å²) in [6, 6.07) is 1.40. The van der Waals surface area contributed by atoms with Crippen LogP contribution in [0.4, 0.5) is 22.0 Å². The zero-order valence-electron chi connectivity index (χ0n) is 9.38. The highest BCUT2D eigenvalue weighted by atomic mass is 32.1. The predicted octanol–water partition coefficient (Wildman–Crippen LogP) is 4.73. The Bertz CT molecular complexity index is 601. The van der Waals surface area contributed by atoms with Crippen molar-refractivity contribution in [1.82, 2.24) is 0 Å². The van der Waals surface area contributed by atoms with Crippen LogP contribution >= 0.6 is 11.3 Å². The topological polar surface area (TPSA) is 0 Å². The maximum Gasteiger partial charge on any atom is 0.200 e. The van der Waals surface area contributed by atoms with E-state index in [-0.39, 0.29) is 5.56 Å². The van der Waals surface area contributed by atoms with Crippen LogP contribution in [0.5, 0.6) is 0 Å². The molecule has 0 nitrogen and oxygen atoms in total. The van der Waals surface area contributed by atoms with Gasteiger partial charge in [-0.2, -0.15) is 0 Å². The van der Waals surface area contributed by atoms with Crippen LogP contribution in [-0.4, -0.2) is 0 Å². The highest BCUT2D eigenvalue weighted by Crippen LogP contribution is 2.36. The van der Waals surface area contributed by atoms with Crippen LogP contribution in [0.2, 0.25) is 0 Å². The lowest BCUT2D eigenvalue weighted by Crippen LogP contribution is -2.04. The Kier molecular flexibility index (Phi) is 3.14. The Morgan fingerprint density at radius 2 is 1.22 bits per heavy atom. The minimum Gasteiger partial charge on any atom is -0.203 e. The zero-order valence-corrected chi connectivity index (χ0v) is 10.2. The summed E-state index contributed by atoms with van der Waals surface area (Å²) < 4.78 is 66.2. The Morgan fingerprint density at radius 1 is 0.778 bits per heavy atom. The Balaban J connectivity index is 2.84. The van der Waals surface area contributed by atoms with Crippen molar-refractivity contribution in [2.24, 2.45) is 0 Å². The van der Waals surface area contributed by atoms with Crippen LogP contribution in [0.3, 0.4) is 0 Å². The van der Waals surface area contributed by atoms with E-state index in [1.807, 2.05) is 0 Å². The van der Waals surface area contributed by atoms with E-state index in [1.54, 1.807) is 13.8 Å². The predicted molar refractivity (Wildman–Crippen MR) is 59.0 cm³/mol. The molecule has 0 unspecified atom stereocenters. The van der Waals surface area contributed by atoms with Crippen molar-refractivity contribution in [3.05, 3.63) is 44.9 Å². The second kappa shape index (κ2) is 4.35. The first-order valence-electron chi connectivity index (χ1n) is 4.93. The molecule has 0 radical (unpaired) electrons. The molecule has 0 aliphatic heterocycles. The molecule has 18 heavy (non-hydrogen) atoms.